The number of para-hydroxylation sites is 1. The monoisotopic (exact) mass is 465 g/mol. The Kier molecular flexibility index (Phi) is 8.63. The minimum Gasteiger partial charge on any atom is -0.356 e. The number of nitrogens with zero attached hydrogens (tertiary/aromatic N) is 3. The van der Waals surface area contributed by atoms with Gasteiger partial charge in [-0.3, -0.25) is 4.40 Å². The summed E-state index contributed by atoms with van der Waals surface area (Å²) in [4.78, 5) is 9.55. The lowest BCUT2D eigenvalue weighted by Gasteiger charge is -2.12. The van der Waals surface area contributed by atoms with Gasteiger partial charge in [-0.2, -0.15) is 0 Å². The zero-order valence-electron chi connectivity index (χ0n) is 21.6. The summed E-state index contributed by atoms with van der Waals surface area (Å²) in [5.74, 6) is 0.805. The summed E-state index contributed by atoms with van der Waals surface area (Å²) in [7, 11) is 0. The Morgan fingerprint density at radius 3 is 2.23 bits per heavy atom. The van der Waals surface area contributed by atoms with Crippen molar-refractivity contribution in [2.45, 2.75) is 41.5 Å². The summed E-state index contributed by atoms with van der Waals surface area (Å²) < 4.78 is 2.11. The minimum atomic E-state index is 0.805. The molecule has 180 valence electrons. The van der Waals surface area contributed by atoms with E-state index >= 15 is 0 Å². The summed E-state index contributed by atoms with van der Waals surface area (Å²) in [5, 5.41) is 6.73. The van der Waals surface area contributed by atoms with Crippen molar-refractivity contribution in [1.82, 2.24) is 9.38 Å². The highest BCUT2D eigenvalue weighted by Gasteiger charge is 2.13. The lowest BCUT2D eigenvalue weighted by Crippen LogP contribution is -2.08. The summed E-state index contributed by atoms with van der Waals surface area (Å²) in [6.45, 7) is 16.2. The number of allylic oxidation sites excluding steroid dienone is 1. The van der Waals surface area contributed by atoms with Gasteiger partial charge in [0.1, 0.15) is 11.5 Å². The molecule has 35 heavy (non-hydrogen) atoms. The first-order valence-corrected chi connectivity index (χ1v) is 12.0. The van der Waals surface area contributed by atoms with E-state index in [0.717, 1.165) is 51.2 Å². The van der Waals surface area contributed by atoms with E-state index in [1.807, 2.05) is 101 Å². The Morgan fingerprint density at radius 1 is 0.914 bits per heavy atom. The van der Waals surface area contributed by atoms with Crippen molar-refractivity contribution in [3.8, 4) is 0 Å². The van der Waals surface area contributed by atoms with Crippen molar-refractivity contribution in [1.29, 1.82) is 0 Å². The zero-order chi connectivity index (χ0) is 25.4. The number of fused-ring (bicyclic) bond motifs is 1. The molecule has 0 bridgehead atoms. The van der Waals surface area contributed by atoms with E-state index in [1.165, 1.54) is 5.56 Å². The topological polar surface area (TPSA) is 53.7 Å². The normalized spacial score (nSPS) is 11.6. The van der Waals surface area contributed by atoms with Crippen LogP contribution in [0.2, 0.25) is 0 Å². The average molecular weight is 466 g/mol. The van der Waals surface area contributed by atoms with E-state index in [0.29, 0.717) is 0 Å². The number of pyridine rings is 1. The van der Waals surface area contributed by atoms with Crippen LogP contribution in [0.15, 0.2) is 90.6 Å². The van der Waals surface area contributed by atoms with Gasteiger partial charge >= 0.3 is 0 Å². The molecule has 0 aliphatic rings. The number of hydrogen-bond acceptors (Lipinski definition) is 3. The number of imidazole rings is 1. The van der Waals surface area contributed by atoms with Crippen LogP contribution in [0.25, 0.3) is 17.0 Å². The van der Waals surface area contributed by atoms with Crippen LogP contribution in [-0.2, 0) is 0 Å². The molecule has 5 heteroatoms. The number of nitrogens with one attached hydrogen (secondary N) is 2. The molecule has 2 aromatic carbocycles. The maximum absolute atomic E-state index is 4.86. The van der Waals surface area contributed by atoms with Gasteiger partial charge in [-0.1, -0.05) is 62.9 Å². The molecule has 0 aliphatic heterocycles. The second kappa shape index (κ2) is 11.8. The molecule has 0 amide bonds. The molecule has 0 unspecified atom stereocenters. The highest BCUT2D eigenvalue weighted by molar-refractivity contribution is 5.97. The summed E-state index contributed by atoms with van der Waals surface area (Å²) >= 11 is 0. The number of anilines is 2. The molecule has 4 aromatic rings. The van der Waals surface area contributed by atoms with Crippen LogP contribution in [-0.4, -0.2) is 15.2 Å². The standard InChI is InChI=1S/C28H29N5.C2H6/c1-6-26(28-21(4)30-27-17-12-19(2)18-33(27)28)32-22(5)31-25-15-13-23(14-16-25)20(3)29-24-10-8-7-9-11-24;1-2/h6-18,29H,3H2,1-2,4-5H3,(H,31,32);1-2H3/b26-6-;. The van der Waals surface area contributed by atoms with Crippen LogP contribution in [0.4, 0.5) is 11.4 Å². The molecule has 2 N–H and O–H groups in total. The van der Waals surface area contributed by atoms with Gasteiger partial charge in [-0.05, 0) is 69.2 Å². The number of rotatable bonds is 6. The third-order valence-corrected chi connectivity index (χ3v) is 5.37. The highest BCUT2D eigenvalue weighted by Crippen LogP contribution is 2.24. The Bertz CT molecular complexity index is 1340. The maximum Gasteiger partial charge on any atom is 0.137 e. The first-order valence-electron chi connectivity index (χ1n) is 12.0. The number of hydrogen-bond donors (Lipinski definition) is 2. The molecular weight excluding hydrogens is 430 g/mol. The molecule has 0 radical (unpaired) electrons. The Morgan fingerprint density at radius 2 is 1.57 bits per heavy atom. The van der Waals surface area contributed by atoms with Gasteiger partial charge in [0.2, 0.25) is 0 Å². The van der Waals surface area contributed by atoms with Crippen molar-refractivity contribution in [3.63, 3.8) is 0 Å². The van der Waals surface area contributed by atoms with Gasteiger partial charge in [0, 0.05) is 23.3 Å². The first kappa shape index (κ1) is 25.5. The van der Waals surface area contributed by atoms with Crippen LogP contribution in [0.3, 0.4) is 0 Å². The summed E-state index contributed by atoms with van der Waals surface area (Å²) in [6, 6.07) is 22.3. The minimum absolute atomic E-state index is 0.805. The molecule has 0 atom stereocenters. The SMILES string of the molecule is C=C(Nc1ccccc1)c1ccc(NC(C)=N/C(=C\C)c2c(C)nc3ccc(C)cn23)cc1.CC. The first-order chi connectivity index (χ1) is 16.9. The van der Waals surface area contributed by atoms with Gasteiger partial charge in [0.25, 0.3) is 0 Å². The molecule has 5 nitrogen and oxygen atoms in total. The summed E-state index contributed by atoms with van der Waals surface area (Å²) in [6.07, 6.45) is 4.12. The van der Waals surface area contributed by atoms with Crippen LogP contribution < -0.4 is 10.6 Å². The van der Waals surface area contributed by atoms with Gasteiger partial charge in [0.05, 0.1) is 17.1 Å². The number of aryl methyl sites for hydroxylation is 2. The number of aliphatic imine (C=N–C) groups is 1. The molecule has 0 spiro atoms. The highest BCUT2D eigenvalue weighted by atomic mass is 15.1. The van der Waals surface area contributed by atoms with Crippen LogP contribution in [0, 0.1) is 13.8 Å². The fraction of sp³-hybridized carbons (Fsp3) is 0.200. The van der Waals surface area contributed by atoms with Crippen molar-refractivity contribution < 1.29 is 0 Å². The smallest absolute Gasteiger partial charge is 0.137 e. The lowest BCUT2D eigenvalue weighted by molar-refractivity contribution is 1.11. The quantitative estimate of drug-likeness (QED) is 0.224. The fourth-order valence-corrected chi connectivity index (χ4v) is 3.77. The van der Waals surface area contributed by atoms with Crippen LogP contribution >= 0.6 is 0 Å². The molecule has 0 saturated carbocycles. The van der Waals surface area contributed by atoms with Crippen molar-refractivity contribution in [2.75, 3.05) is 10.6 Å². The third kappa shape index (κ3) is 6.27. The molecule has 4 rings (SSSR count). The van der Waals surface area contributed by atoms with Crippen molar-refractivity contribution in [2.24, 2.45) is 4.99 Å². The molecule has 0 aliphatic carbocycles. The molecule has 0 saturated heterocycles. The van der Waals surface area contributed by atoms with Gasteiger partial charge in [-0.25, -0.2) is 9.98 Å². The Balaban J connectivity index is 0.00000167. The predicted octanol–water partition coefficient (Wildman–Crippen LogP) is 7.95. The van der Waals surface area contributed by atoms with E-state index in [1.54, 1.807) is 0 Å². The molecule has 2 heterocycles. The van der Waals surface area contributed by atoms with Crippen molar-refractivity contribution >= 4 is 34.3 Å². The number of benzene rings is 2. The Labute approximate surface area is 209 Å². The largest absolute Gasteiger partial charge is 0.356 e. The molecule has 2 aromatic heterocycles. The molecule has 0 fully saturated rings. The zero-order valence-corrected chi connectivity index (χ0v) is 21.6. The van der Waals surface area contributed by atoms with Crippen molar-refractivity contribution in [3.05, 3.63) is 108 Å². The van der Waals surface area contributed by atoms with E-state index in [-0.39, 0.29) is 0 Å². The molecular formula is C30H35N5. The van der Waals surface area contributed by atoms with E-state index in [4.69, 9.17) is 4.99 Å². The van der Waals surface area contributed by atoms with Crippen LogP contribution in [0.1, 0.15) is 50.2 Å². The maximum atomic E-state index is 4.86. The fourth-order valence-electron chi connectivity index (χ4n) is 3.77. The van der Waals surface area contributed by atoms with Gasteiger partial charge < -0.3 is 10.6 Å². The Hall–Kier alpha value is -4.12. The summed E-state index contributed by atoms with van der Waals surface area (Å²) in [5.41, 5.74) is 8.82. The second-order valence-electron chi connectivity index (χ2n) is 8.02. The average Bonchev–Trinajstić information content (AvgIpc) is 3.19. The lowest BCUT2D eigenvalue weighted by atomic mass is 10.1. The third-order valence-electron chi connectivity index (χ3n) is 5.37. The number of amidine groups is 1. The van der Waals surface area contributed by atoms with E-state index < -0.39 is 0 Å². The number of aromatic nitrogens is 2. The van der Waals surface area contributed by atoms with E-state index in [9.17, 15) is 0 Å². The van der Waals surface area contributed by atoms with Crippen LogP contribution in [0.5, 0.6) is 0 Å². The predicted molar refractivity (Wildman–Crippen MR) is 152 cm³/mol. The van der Waals surface area contributed by atoms with Gasteiger partial charge in [-0.15, -0.1) is 0 Å². The van der Waals surface area contributed by atoms with Gasteiger partial charge in [0.15, 0.2) is 0 Å². The van der Waals surface area contributed by atoms with E-state index in [2.05, 4.69) is 45.8 Å². The second-order valence-corrected chi connectivity index (χ2v) is 8.02.